The van der Waals surface area contributed by atoms with Gasteiger partial charge in [-0.3, -0.25) is 4.79 Å². The van der Waals surface area contributed by atoms with Crippen LogP contribution in [0.5, 0.6) is 11.5 Å². The van der Waals surface area contributed by atoms with Gasteiger partial charge in [0.25, 0.3) is 0 Å². The van der Waals surface area contributed by atoms with Gasteiger partial charge in [-0.15, -0.1) is 0 Å². The van der Waals surface area contributed by atoms with E-state index in [1.807, 2.05) is 0 Å². The second-order valence-corrected chi connectivity index (χ2v) is 12.0. The van der Waals surface area contributed by atoms with Crippen molar-refractivity contribution < 1.29 is 23.4 Å². The third kappa shape index (κ3) is 5.76. The number of ether oxygens (including phenoxy) is 3. The van der Waals surface area contributed by atoms with Crippen LogP contribution in [0.3, 0.4) is 0 Å². The van der Waals surface area contributed by atoms with E-state index in [1.54, 1.807) is 16.7 Å². The summed E-state index contributed by atoms with van der Waals surface area (Å²) in [7, 11) is 0. The maximum absolute atomic E-state index is 14.5. The standard InChI is InChI=1S/C30H34Cl2FN3O4/c31-21-13-27-26(39-17-40-27)11-20(21)29(30(37)34-19-9-5-2-6-10-19)36-25-12-22(32)23(33)14-24(25)35-28(36)16-38-15-18-7-3-1-4-8-18/h11-14,18-19,29H,1-10,15-17H2,(H,34,37). The number of halogens is 3. The lowest BCUT2D eigenvalue weighted by atomic mass is 9.90. The van der Waals surface area contributed by atoms with Crippen LogP contribution in [0.1, 0.15) is 81.6 Å². The smallest absolute Gasteiger partial charge is 0.248 e. The van der Waals surface area contributed by atoms with Crippen LogP contribution < -0.4 is 14.8 Å². The number of carbonyl (C=O) groups is 1. The van der Waals surface area contributed by atoms with Gasteiger partial charge in [0.15, 0.2) is 11.5 Å². The van der Waals surface area contributed by atoms with E-state index in [-0.39, 0.29) is 30.4 Å². The number of fused-ring (bicyclic) bond motifs is 2. The first-order chi connectivity index (χ1) is 19.5. The number of hydrogen-bond acceptors (Lipinski definition) is 5. The third-order valence-electron chi connectivity index (χ3n) is 8.36. The average molecular weight is 591 g/mol. The predicted molar refractivity (Wildman–Crippen MR) is 152 cm³/mol. The summed E-state index contributed by atoms with van der Waals surface area (Å²) >= 11 is 13.1. The molecule has 2 aromatic carbocycles. The van der Waals surface area contributed by atoms with Crippen molar-refractivity contribution >= 4 is 40.1 Å². The van der Waals surface area contributed by atoms with Crippen LogP contribution in [-0.2, 0) is 16.1 Å². The Hall–Kier alpha value is -2.55. The van der Waals surface area contributed by atoms with Crippen LogP contribution in [0.2, 0.25) is 10.0 Å². The normalized spacial score (nSPS) is 18.8. The number of benzene rings is 2. The minimum absolute atomic E-state index is 0.0495. The van der Waals surface area contributed by atoms with E-state index in [4.69, 9.17) is 42.4 Å². The molecule has 7 nitrogen and oxygen atoms in total. The highest BCUT2D eigenvalue weighted by Crippen LogP contribution is 2.41. The van der Waals surface area contributed by atoms with E-state index >= 15 is 0 Å². The molecule has 0 radical (unpaired) electrons. The first-order valence-corrected chi connectivity index (χ1v) is 15.1. The number of nitrogens with zero attached hydrogens (tertiary/aromatic N) is 2. The van der Waals surface area contributed by atoms with Crippen molar-refractivity contribution in [2.24, 2.45) is 5.92 Å². The highest BCUT2D eigenvalue weighted by atomic mass is 35.5. The van der Waals surface area contributed by atoms with Crippen molar-refractivity contribution in [2.45, 2.75) is 82.9 Å². The number of carbonyl (C=O) groups excluding carboxylic acids is 1. The van der Waals surface area contributed by atoms with Crippen LogP contribution >= 0.6 is 23.2 Å². The van der Waals surface area contributed by atoms with E-state index in [2.05, 4.69) is 5.32 Å². The Kier molecular flexibility index (Phi) is 8.37. The van der Waals surface area contributed by atoms with Gasteiger partial charge < -0.3 is 24.1 Å². The van der Waals surface area contributed by atoms with Gasteiger partial charge in [0.05, 0.1) is 21.1 Å². The number of hydrogen-bond donors (Lipinski definition) is 1. The van der Waals surface area contributed by atoms with Crippen LogP contribution in [0, 0.1) is 11.7 Å². The first-order valence-electron chi connectivity index (χ1n) is 14.3. The molecule has 1 amide bonds. The van der Waals surface area contributed by atoms with Gasteiger partial charge in [-0.25, -0.2) is 9.37 Å². The Morgan fingerprint density at radius 3 is 2.45 bits per heavy atom. The molecule has 2 saturated carbocycles. The molecule has 1 atom stereocenters. The van der Waals surface area contributed by atoms with Crippen LogP contribution in [0.4, 0.5) is 4.39 Å². The van der Waals surface area contributed by atoms with Crippen LogP contribution in [0.25, 0.3) is 11.0 Å². The van der Waals surface area contributed by atoms with Crippen LogP contribution in [-0.4, -0.2) is 34.9 Å². The van der Waals surface area contributed by atoms with E-state index in [1.165, 1.54) is 37.8 Å². The molecule has 1 N–H and O–H groups in total. The third-order valence-corrected chi connectivity index (χ3v) is 8.98. The summed E-state index contributed by atoms with van der Waals surface area (Å²) in [6.45, 7) is 0.860. The monoisotopic (exact) mass is 589 g/mol. The highest BCUT2D eigenvalue weighted by molar-refractivity contribution is 6.32. The molecule has 6 rings (SSSR count). The maximum Gasteiger partial charge on any atom is 0.248 e. The second-order valence-electron chi connectivity index (χ2n) is 11.1. The van der Waals surface area contributed by atoms with Gasteiger partial charge in [-0.2, -0.15) is 0 Å². The Bertz CT molecular complexity index is 1390. The second kappa shape index (κ2) is 12.1. The zero-order valence-corrected chi connectivity index (χ0v) is 23.9. The number of imidazole rings is 1. The summed E-state index contributed by atoms with van der Waals surface area (Å²) in [6, 6.07) is 5.40. The molecule has 0 spiro atoms. The minimum atomic E-state index is -0.913. The lowest BCUT2D eigenvalue weighted by Gasteiger charge is -2.28. The largest absolute Gasteiger partial charge is 0.454 e. The molecule has 10 heteroatoms. The van der Waals surface area contributed by atoms with Gasteiger partial charge >= 0.3 is 0 Å². The molecule has 0 bridgehead atoms. The van der Waals surface area contributed by atoms with Crippen molar-refractivity contribution in [3.63, 3.8) is 0 Å². The Morgan fingerprint density at radius 1 is 1.00 bits per heavy atom. The number of amides is 1. The summed E-state index contributed by atoms with van der Waals surface area (Å²) < 4.78 is 33.7. The molecule has 214 valence electrons. The lowest BCUT2D eigenvalue weighted by molar-refractivity contribution is -0.124. The van der Waals surface area contributed by atoms with Gasteiger partial charge in [-0.1, -0.05) is 61.7 Å². The Labute approximate surface area is 243 Å². The fourth-order valence-electron chi connectivity index (χ4n) is 6.27. The zero-order valence-electron chi connectivity index (χ0n) is 22.4. The van der Waals surface area contributed by atoms with E-state index in [9.17, 15) is 9.18 Å². The summed E-state index contributed by atoms with van der Waals surface area (Å²) in [5.41, 5.74) is 1.46. The fourth-order valence-corrected chi connectivity index (χ4v) is 6.68. The van der Waals surface area contributed by atoms with Gasteiger partial charge in [-0.05, 0) is 43.7 Å². The van der Waals surface area contributed by atoms with Crippen molar-refractivity contribution in [3.05, 3.63) is 51.5 Å². The molecule has 2 fully saturated rings. The van der Waals surface area contributed by atoms with Crippen molar-refractivity contribution in [2.75, 3.05) is 13.4 Å². The van der Waals surface area contributed by atoms with Crippen molar-refractivity contribution in [3.8, 4) is 11.5 Å². The zero-order chi connectivity index (χ0) is 27.6. The van der Waals surface area contributed by atoms with Crippen LogP contribution in [0.15, 0.2) is 24.3 Å². The molecule has 2 aliphatic carbocycles. The molecule has 3 aliphatic rings. The van der Waals surface area contributed by atoms with Crippen molar-refractivity contribution in [1.82, 2.24) is 14.9 Å². The van der Waals surface area contributed by atoms with Gasteiger partial charge in [0.1, 0.15) is 24.3 Å². The van der Waals surface area contributed by atoms with E-state index < -0.39 is 11.9 Å². The molecule has 40 heavy (non-hydrogen) atoms. The van der Waals surface area contributed by atoms with Gasteiger partial charge in [0.2, 0.25) is 12.7 Å². The summed E-state index contributed by atoms with van der Waals surface area (Å²) in [5.74, 6) is 1.26. The highest BCUT2D eigenvalue weighted by Gasteiger charge is 2.33. The molecule has 2 heterocycles. The number of aromatic nitrogens is 2. The summed E-state index contributed by atoms with van der Waals surface area (Å²) in [5, 5.41) is 3.57. The van der Waals surface area contributed by atoms with Gasteiger partial charge in [0, 0.05) is 30.3 Å². The number of nitrogens with one attached hydrogen (secondary N) is 1. The molecule has 1 aliphatic heterocycles. The van der Waals surface area contributed by atoms with Crippen molar-refractivity contribution in [1.29, 1.82) is 0 Å². The Morgan fingerprint density at radius 2 is 1.70 bits per heavy atom. The molecular weight excluding hydrogens is 556 g/mol. The summed E-state index contributed by atoms with van der Waals surface area (Å²) in [6.07, 6.45) is 11.2. The summed E-state index contributed by atoms with van der Waals surface area (Å²) in [4.78, 5) is 18.9. The molecule has 1 aromatic heterocycles. The molecule has 3 aromatic rings. The maximum atomic E-state index is 14.5. The SMILES string of the molecule is O=C(NC1CCCCC1)C(c1cc2c(cc1Cl)OCO2)n1c(COCC2CCCCC2)nc2cc(F)c(Cl)cc21. The lowest BCUT2D eigenvalue weighted by Crippen LogP contribution is -2.41. The first kappa shape index (κ1) is 27.6. The van der Waals surface area contributed by atoms with E-state index in [0.29, 0.717) is 51.5 Å². The quantitative estimate of drug-likeness (QED) is 0.297. The fraction of sp³-hybridized carbons (Fsp3) is 0.533. The topological polar surface area (TPSA) is 74.6 Å². The number of rotatable bonds is 8. The molecule has 1 unspecified atom stereocenters. The molecule has 0 saturated heterocycles. The van der Waals surface area contributed by atoms with E-state index in [0.717, 1.165) is 38.5 Å². The minimum Gasteiger partial charge on any atom is -0.454 e. The predicted octanol–water partition coefficient (Wildman–Crippen LogP) is 7.35. The molecular formula is C30H34Cl2FN3O4. The average Bonchev–Trinajstić information content (AvgIpc) is 3.54. The Balaban J connectivity index is 1.42.